The Morgan fingerprint density at radius 2 is 1.56 bits per heavy atom. The van der Waals surface area contributed by atoms with Gasteiger partial charge in [-0.3, -0.25) is 9.35 Å². The fraction of sp³-hybridized carbons (Fsp3) is 0.923. The van der Waals surface area contributed by atoms with E-state index in [4.69, 9.17) is 0 Å². The highest BCUT2D eigenvalue weighted by atomic mass is 32.2. The van der Waals surface area contributed by atoms with Crippen LogP contribution in [-0.4, -0.2) is 30.9 Å². The lowest BCUT2D eigenvalue weighted by atomic mass is 9.57. The molecule has 4 nitrogen and oxygen atoms in total. The second-order valence-corrected chi connectivity index (χ2v) is 7.19. The molecule has 18 heavy (non-hydrogen) atoms. The van der Waals surface area contributed by atoms with Crippen LogP contribution < -0.4 is 0 Å². The van der Waals surface area contributed by atoms with E-state index >= 15 is 0 Å². The molecule has 0 fully saturated rings. The molecule has 0 rings (SSSR count). The summed E-state index contributed by atoms with van der Waals surface area (Å²) in [5.41, 5.74) is -1.62. The minimum Gasteiger partial charge on any atom is -0.299 e. The topological polar surface area (TPSA) is 57.6 Å². The monoisotopic (exact) mass is 277 g/mol. The number of carbonyl (C=O) groups is 1. The zero-order valence-corrected chi connectivity index (χ0v) is 13.6. The van der Waals surface area contributed by atoms with Crippen molar-refractivity contribution in [2.45, 2.75) is 60.9 Å². The van der Waals surface area contributed by atoms with E-state index < -0.39 is 27.6 Å². The Hall–Kier alpha value is -0.260. The number of ketones is 1. The van der Waals surface area contributed by atoms with Gasteiger partial charge in [-0.25, -0.2) is 4.21 Å². The summed E-state index contributed by atoms with van der Waals surface area (Å²) in [4.78, 5) is 11.9. The molecule has 0 aliphatic heterocycles. The quantitative estimate of drug-likeness (QED) is 0.759. The van der Waals surface area contributed by atoms with Crippen molar-refractivity contribution in [2.75, 3.05) is 6.54 Å². The molecule has 0 aromatic heterocycles. The minimum atomic E-state index is -2.05. The molecule has 1 atom stereocenters. The summed E-state index contributed by atoms with van der Waals surface area (Å²) >= 11 is -2.05. The molecule has 0 heterocycles. The third-order valence-corrected chi connectivity index (χ3v) is 6.16. The van der Waals surface area contributed by atoms with Gasteiger partial charge in [0.05, 0.1) is 0 Å². The molecule has 0 saturated carbocycles. The molecule has 0 radical (unpaired) electrons. The predicted molar refractivity (Wildman–Crippen MR) is 75.5 cm³/mol. The second-order valence-electron chi connectivity index (χ2n) is 6.29. The van der Waals surface area contributed by atoms with Crippen molar-refractivity contribution < 1.29 is 13.6 Å². The van der Waals surface area contributed by atoms with Gasteiger partial charge in [0.1, 0.15) is 5.78 Å². The normalized spacial score (nSPS) is 15.9. The molecule has 1 N–H and O–H groups in total. The summed E-state index contributed by atoms with van der Waals surface area (Å²) in [6, 6.07) is 0. The van der Waals surface area contributed by atoms with Crippen LogP contribution in [0.2, 0.25) is 0 Å². The van der Waals surface area contributed by atoms with Crippen LogP contribution in [0.1, 0.15) is 55.4 Å². The van der Waals surface area contributed by atoms with E-state index in [1.165, 1.54) is 4.31 Å². The van der Waals surface area contributed by atoms with Crippen LogP contribution >= 0.6 is 0 Å². The number of carbonyl (C=O) groups excluding carboxylic acids is 1. The van der Waals surface area contributed by atoms with Crippen LogP contribution in [0.3, 0.4) is 0 Å². The Kier molecular flexibility index (Phi) is 5.31. The smallest absolute Gasteiger partial charge is 0.235 e. The summed E-state index contributed by atoms with van der Waals surface area (Å²) in [5.74, 6) is 0.0837. The lowest BCUT2D eigenvalue weighted by Gasteiger charge is -2.54. The van der Waals surface area contributed by atoms with Crippen molar-refractivity contribution in [3.8, 4) is 0 Å². The van der Waals surface area contributed by atoms with Crippen LogP contribution in [0, 0.1) is 10.8 Å². The van der Waals surface area contributed by atoms with E-state index in [1.54, 1.807) is 6.92 Å². The molecule has 0 aromatic carbocycles. The molecule has 0 aliphatic carbocycles. The van der Waals surface area contributed by atoms with Crippen LogP contribution in [0.4, 0.5) is 0 Å². The van der Waals surface area contributed by atoms with Gasteiger partial charge in [0, 0.05) is 17.5 Å². The third kappa shape index (κ3) is 2.68. The van der Waals surface area contributed by atoms with Crippen molar-refractivity contribution in [2.24, 2.45) is 10.8 Å². The van der Waals surface area contributed by atoms with Gasteiger partial charge in [-0.05, 0) is 26.2 Å². The Bertz CT molecular complexity index is 348. The molecule has 0 aromatic rings. The molecule has 0 amide bonds. The largest absolute Gasteiger partial charge is 0.299 e. The molecular weight excluding hydrogens is 250 g/mol. The van der Waals surface area contributed by atoms with Gasteiger partial charge in [-0.2, -0.15) is 4.31 Å². The summed E-state index contributed by atoms with van der Waals surface area (Å²) in [6.45, 7) is 15.4. The average molecular weight is 277 g/mol. The fourth-order valence-electron chi connectivity index (χ4n) is 2.22. The van der Waals surface area contributed by atoms with E-state index in [1.807, 2.05) is 48.5 Å². The van der Waals surface area contributed by atoms with E-state index in [9.17, 15) is 13.6 Å². The first kappa shape index (κ1) is 17.7. The van der Waals surface area contributed by atoms with Crippen molar-refractivity contribution in [3.05, 3.63) is 0 Å². The average Bonchev–Trinajstić information content (AvgIpc) is 2.16. The fourth-order valence-corrected chi connectivity index (χ4v) is 3.06. The molecule has 5 heteroatoms. The summed E-state index contributed by atoms with van der Waals surface area (Å²) in [7, 11) is 0. The predicted octanol–water partition coefficient (Wildman–Crippen LogP) is 2.87. The zero-order valence-electron chi connectivity index (χ0n) is 12.8. The number of Topliss-reactive ketones (excluding diaryl/α,β-unsaturated/α-hetero) is 1. The SMILES string of the molecule is CCN(S(=O)O)C(C)(C)C(C)(C)C(C)(C)C(C)=O. The van der Waals surface area contributed by atoms with Crippen molar-refractivity contribution >= 4 is 17.0 Å². The van der Waals surface area contributed by atoms with Crippen LogP contribution in [0.15, 0.2) is 0 Å². The van der Waals surface area contributed by atoms with Crippen LogP contribution in [-0.2, 0) is 16.1 Å². The summed E-state index contributed by atoms with van der Waals surface area (Å²) in [6.07, 6.45) is 0. The highest BCUT2D eigenvalue weighted by Crippen LogP contribution is 2.49. The third-order valence-electron chi connectivity index (χ3n) is 5.07. The molecule has 108 valence electrons. The first-order valence-corrected chi connectivity index (χ1v) is 7.30. The van der Waals surface area contributed by atoms with E-state index in [2.05, 4.69) is 0 Å². The molecule has 0 bridgehead atoms. The zero-order chi connectivity index (χ0) is 14.9. The maximum atomic E-state index is 11.9. The lowest BCUT2D eigenvalue weighted by Crippen LogP contribution is -2.60. The van der Waals surface area contributed by atoms with Crippen LogP contribution in [0.5, 0.6) is 0 Å². The lowest BCUT2D eigenvalue weighted by molar-refractivity contribution is -0.137. The van der Waals surface area contributed by atoms with Gasteiger partial charge in [0.25, 0.3) is 0 Å². The molecule has 0 aliphatic rings. The number of rotatable bonds is 6. The maximum Gasteiger partial charge on any atom is 0.235 e. The van der Waals surface area contributed by atoms with Gasteiger partial charge >= 0.3 is 0 Å². The maximum absolute atomic E-state index is 11.9. The molecule has 0 saturated heterocycles. The highest BCUT2D eigenvalue weighted by molar-refractivity contribution is 7.76. The Labute approximate surface area is 114 Å². The van der Waals surface area contributed by atoms with Crippen LogP contribution in [0.25, 0.3) is 0 Å². The Morgan fingerprint density at radius 3 is 1.78 bits per heavy atom. The van der Waals surface area contributed by atoms with E-state index in [0.29, 0.717) is 6.54 Å². The number of nitrogens with zero attached hydrogens (tertiary/aromatic N) is 1. The van der Waals surface area contributed by atoms with Gasteiger partial charge in [-0.15, -0.1) is 0 Å². The first-order chi connectivity index (χ1) is 7.84. The first-order valence-electron chi connectivity index (χ1n) is 6.23. The second kappa shape index (κ2) is 5.39. The number of hydrogen-bond donors (Lipinski definition) is 1. The standard InChI is InChI=1S/C13H27NO3S/c1-9-14(18(16)17)13(7,8)12(5,6)11(3,4)10(2)15/h9H2,1-8H3,(H,16,17). The highest BCUT2D eigenvalue weighted by Gasteiger charge is 2.53. The number of hydrogen-bond acceptors (Lipinski definition) is 2. The van der Waals surface area contributed by atoms with Gasteiger partial charge < -0.3 is 0 Å². The van der Waals surface area contributed by atoms with Gasteiger partial charge in [-0.1, -0.05) is 34.6 Å². The Morgan fingerprint density at radius 1 is 1.17 bits per heavy atom. The van der Waals surface area contributed by atoms with Crippen molar-refractivity contribution in [3.63, 3.8) is 0 Å². The molecule has 0 spiro atoms. The van der Waals surface area contributed by atoms with E-state index in [0.717, 1.165) is 0 Å². The molecule has 1 unspecified atom stereocenters. The van der Waals surface area contributed by atoms with Crippen molar-refractivity contribution in [1.82, 2.24) is 4.31 Å². The van der Waals surface area contributed by atoms with Gasteiger partial charge in [0.2, 0.25) is 11.3 Å². The van der Waals surface area contributed by atoms with E-state index in [-0.39, 0.29) is 5.78 Å². The summed E-state index contributed by atoms with van der Waals surface area (Å²) < 4.78 is 22.4. The van der Waals surface area contributed by atoms with Crippen molar-refractivity contribution in [1.29, 1.82) is 0 Å². The minimum absolute atomic E-state index is 0.0837. The molecular formula is C13H27NO3S. The Balaban J connectivity index is 5.71. The summed E-state index contributed by atoms with van der Waals surface area (Å²) in [5, 5.41) is 0. The van der Waals surface area contributed by atoms with Gasteiger partial charge in [0.15, 0.2) is 0 Å².